The van der Waals surface area contributed by atoms with Gasteiger partial charge in [0.05, 0.1) is 26.0 Å². The highest BCUT2D eigenvalue weighted by Crippen LogP contribution is 2.36. The number of hydrogen-bond acceptors (Lipinski definition) is 2. The van der Waals surface area contributed by atoms with Crippen molar-refractivity contribution in [1.29, 1.82) is 0 Å². The zero-order valence-corrected chi connectivity index (χ0v) is 12.3. The van der Waals surface area contributed by atoms with Gasteiger partial charge in [0.15, 0.2) is 0 Å². The van der Waals surface area contributed by atoms with Crippen LogP contribution in [0.1, 0.15) is 16.9 Å². The Morgan fingerprint density at radius 3 is 2.79 bits per heavy atom. The van der Waals surface area contributed by atoms with E-state index in [0.717, 1.165) is 16.9 Å². The molecule has 5 heteroatoms. The molecule has 1 aliphatic rings. The molecule has 0 radical (unpaired) electrons. The number of fused-ring (bicyclic) bond motifs is 2. The monoisotopic (exact) mass is 308 g/mol. The molecule has 2 nitrogen and oxygen atoms in total. The summed E-state index contributed by atoms with van der Waals surface area (Å²) in [6.07, 6.45) is 3.69. The number of hydrogen-bond donors (Lipinski definition) is 1. The first kappa shape index (κ1) is 11.8. The predicted molar refractivity (Wildman–Crippen MR) is 81.5 cm³/mol. The summed E-state index contributed by atoms with van der Waals surface area (Å²) in [5, 5.41) is 1.10. The number of benzene rings is 1. The SMILES string of the molecule is Clc1cc2nc(-c3cc4c(s3)CCC4)[nH]c2cc1Cl. The van der Waals surface area contributed by atoms with Crippen LogP contribution in [0, 0.1) is 0 Å². The zero-order chi connectivity index (χ0) is 13.0. The highest BCUT2D eigenvalue weighted by Gasteiger charge is 2.17. The summed E-state index contributed by atoms with van der Waals surface area (Å²) in [6, 6.07) is 5.89. The van der Waals surface area contributed by atoms with Gasteiger partial charge in [0.2, 0.25) is 0 Å². The molecule has 0 aliphatic heterocycles. The summed E-state index contributed by atoms with van der Waals surface area (Å²) in [7, 11) is 0. The van der Waals surface area contributed by atoms with Gasteiger partial charge in [-0.15, -0.1) is 11.3 Å². The minimum absolute atomic E-state index is 0.542. The van der Waals surface area contributed by atoms with Crippen molar-refractivity contribution in [2.75, 3.05) is 0 Å². The quantitative estimate of drug-likeness (QED) is 0.666. The lowest BCUT2D eigenvalue weighted by atomic mass is 10.2. The number of nitrogens with zero attached hydrogens (tertiary/aromatic N) is 1. The van der Waals surface area contributed by atoms with Crippen molar-refractivity contribution in [1.82, 2.24) is 9.97 Å². The number of imidazole rings is 1. The van der Waals surface area contributed by atoms with Crippen LogP contribution in [0.5, 0.6) is 0 Å². The van der Waals surface area contributed by atoms with Crippen molar-refractivity contribution in [3.8, 4) is 10.7 Å². The molecular weight excluding hydrogens is 299 g/mol. The lowest BCUT2D eigenvalue weighted by Gasteiger charge is -1.93. The van der Waals surface area contributed by atoms with Crippen molar-refractivity contribution in [3.63, 3.8) is 0 Å². The molecule has 4 rings (SSSR count). The third kappa shape index (κ3) is 1.88. The molecule has 0 atom stereocenters. The molecule has 0 saturated heterocycles. The molecule has 2 heterocycles. The van der Waals surface area contributed by atoms with Gasteiger partial charge in [0.1, 0.15) is 5.82 Å². The summed E-state index contributed by atoms with van der Waals surface area (Å²) >= 11 is 13.9. The summed E-state index contributed by atoms with van der Waals surface area (Å²) in [6.45, 7) is 0. The van der Waals surface area contributed by atoms with Crippen LogP contribution in [0.15, 0.2) is 18.2 Å². The fraction of sp³-hybridized carbons (Fsp3) is 0.214. The van der Waals surface area contributed by atoms with E-state index in [2.05, 4.69) is 16.0 Å². The molecule has 1 aromatic carbocycles. The van der Waals surface area contributed by atoms with Gasteiger partial charge in [-0.25, -0.2) is 4.98 Å². The highest BCUT2D eigenvalue weighted by atomic mass is 35.5. The van der Waals surface area contributed by atoms with E-state index in [4.69, 9.17) is 23.2 Å². The van der Waals surface area contributed by atoms with E-state index in [1.165, 1.54) is 34.6 Å². The fourth-order valence-corrected chi connectivity index (χ4v) is 4.09. The van der Waals surface area contributed by atoms with Gasteiger partial charge < -0.3 is 4.98 Å². The van der Waals surface area contributed by atoms with Gasteiger partial charge >= 0.3 is 0 Å². The summed E-state index contributed by atoms with van der Waals surface area (Å²) in [5.41, 5.74) is 3.27. The number of aromatic nitrogens is 2. The van der Waals surface area contributed by atoms with Crippen LogP contribution < -0.4 is 0 Å². The molecule has 2 aromatic heterocycles. The maximum atomic E-state index is 6.03. The minimum Gasteiger partial charge on any atom is -0.337 e. The molecule has 3 aromatic rings. The lowest BCUT2D eigenvalue weighted by Crippen LogP contribution is -1.75. The van der Waals surface area contributed by atoms with Gasteiger partial charge in [0.25, 0.3) is 0 Å². The molecule has 0 unspecified atom stereocenters. The Balaban J connectivity index is 1.86. The van der Waals surface area contributed by atoms with Gasteiger partial charge in [-0.05, 0) is 43.0 Å². The molecule has 1 N–H and O–H groups in total. The molecule has 19 heavy (non-hydrogen) atoms. The minimum atomic E-state index is 0.542. The first-order chi connectivity index (χ1) is 9.20. The standard InChI is InChI=1S/C14H10Cl2N2S/c15-8-5-10-11(6-9(8)16)18-14(17-10)13-4-7-2-1-3-12(7)19-13/h4-6H,1-3H2,(H,17,18). The molecule has 0 bridgehead atoms. The topological polar surface area (TPSA) is 28.7 Å². The van der Waals surface area contributed by atoms with E-state index in [9.17, 15) is 0 Å². The van der Waals surface area contributed by atoms with E-state index in [0.29, 0.717) is 10.0 Å². The van der Waals surface area contributed by atoms with Crippen LogP contribution in [-0.2, 0) is 12.8 Å². The second-order valence-corrected chi connectivity index (χ2v) is 6.73. The van der Waals surface area contributed by atoms with Gasteiger partial charge in [-0.3, -0.25) is 0 Å². The number of aryl methyl sites for hydroxylation is 2. The van der Waals surface area contributed by atoms with E-state index in [-0.39, 0.29) is 0 Å². The first-order valence-corrected chi connectivity index (χ1v) is 7.75. The Morgan fingerprint density at radius 1 is 1.11 bits per heavy atom. The third-order valence-electron chi connectivity index (χ3n) is 3.50. The van der Waals surface area contributed by atoms with Crippen molar-refractivity contribution in [2.45, 2.75) is 19.3 Å². The van der Waals surface area contributed by atoms with Crippen LogP contribution in [0.2, 0.25) is 10.0 Å². The fourth-order valence-electron chi connectivity index (χ4n) is 2.57. The van der Waals surface area contributed by atoms with E-state index >= 15 is 0 Å². The molecule has 0 spiro atoms. The Bertz CT molecular complexity index is 728. The van der Waals surface area contributed by atoms with Gasteiger partial charge in [0, 0.05) is 4.88 Å². The van der Waals surface area contributed by atoms with Crippen LogP contribution in [0.25, 0.3) is 21.7 Å². The third-order valence-corrected chi connectivity index (χ3v) is 5.47. The molecule has 96 valence electrons. The molecule has 0 saturated carbocycles. The van der Waals surface area contributed by atoms with Gasteiger partial charge in [-0.1, -0.05) is 23.2 Å². The number of nitrogens with one attached hydrogen (secondary N) is 1. The molecular formula is C14H10Cl2N2S. The van der Waals surface area contributed by atoms with E-state index in [1.807, 2.05) is 17.4 Å². The molecule has 0 fully saturated rings. The van der Waals surface area contributed by atoms with Gasteiger partial charge in [-0.2, -0.15) is 0 Å². The van der Waals surface area contributed by atoms with E-state index < -0.39 is 0 Å². The Kier molecular flexibility index (Phi) is 2.62. The smallest absolute Gasteiger partial charge is 0.148 e. The van der Waals surface area contributed by atoms with Crippen molar-refractivity contribution < 1.29 is 0 Å². The first-order valence-electron chi connectivity index (χ1n) is 6.17. The average molecular weight is 309 g/mol. The maximum absolute atomic E-state index is 6.03. The van der Waals surface area contributed by atoms with Crippen LogP contribution in [-0.4, -0.2) is 9.97 Å². The number of rotatable bonds is 1. The highest BCUT2D eigenvalue weighted by molar-refractivity contribution is 7.15. The lowest BCUT2D eigenvalue weighted by molar-refractivity contribution is 0.915. The number of aromatic amines is 1. The normalized spacial score (nSPS) is 14.2. The Labute approximate surface area is 124 Å². The number of H-pyrrole nitrogens is 1. The Hall–Kier alpha value is -1.03. The van der Waals surface area contributed by atoms with Crippen LogP contribution in [0.3, 0.4) is 0 Å². The largest absolute Gasteiger partial charge is 0.337 e. The summed E-state index contributed by atoms with van der Waals surface area (Å²) in [4.78, 5) is 10.6. The van der Waals surface area contributed by atoms with Crippen LogP contribution >= 0.6 is 34.5 Å². The molecule has 0 amide bonds. The number of halogens is 2. The van der Waals surface area contributed by atoms with Crippen LogP contribution in [0.4, 0.5) is 0 Å². The maximum Gasteiger partial charge on any atom is 0.148 e. The average Bonchev–Trinajstić information content (AvgIpc) is 3.01. The number of thiophene rings is 1. The van der Waals surface area contributed by atoms with E-state index in [1.54, 1.807) is 6.07 Å². The second-order valence-electron chi connectivity index (χ2n) is 4.78. The predicted octanol–water partition coefficient (Wildman–Crippen LogP) is 5.09. The zero-order valence-electron chi connectivity index (χ0n) is 9.96. The van der Waals surface area contributed by atoms with Crippen molar-refractivity contribution in [2.24, 2.45) is 0 Å². The van der Waals surface area contributed by atoms with Crippen molar-refractivity contribution >= 4 is 45.6 Å². The summed E-state index contributed by atoms with van der Waals surface area (Å²) < 4.78 is 0. The summed E-state index contributed by atoms with van der Waals surface area (Å²) in [5.74, 6) is 0.910. The Morgan fingerprint density at radius 2 is 1.95 bits per heavy atom. The van der Waals surface area contributed by atoms with Crippen molar-refractivity contribution in [3.05, 3.63) is 38.7 Å². The molecule has 1 aliphatic carbocycles. The second kappa shape index (κ2) is 4.23.